The van der Waals surface area contributed by atoms with Crippen molar-refractivity contribution in [2.24, 2.45) is 0 Å². The van der Waals surface area contributed by atoms with E-state index in [0.29, 0.717) is 6.54 Å². The van der Waals surface area contributed by atoms with Crippen LogP contribution in [0, 0.1) is 0 Å². The number of rotatable bonds is 3. The van der Waals surface area contributed by atoms with Crippen molar-refractivity contribution in [3.8, 4) is 11.1 Å². The summed E-state index contributed by atoms with van der Waals surface area (Å²) < 4.78 is 0. The standard InChI is InChI=1S/C22H17NO/c24-22-21(15-16-23(22)20-9-5-2-6-10-20)19-13-11-18(12-14-19)17-7-3-1-4-8-17/h1-15H,16H2. The molecule has 116 valence electrons. The van der Waals surface area contributed by atoms with Gasteiger partial charge >= 0.3 is 0 Å². The van der Waals surface area contributed by atoms with E-state index >= 15 is 0 Å². The third-order valence-electron chi connectivity index (χ3n) is 4.32. The van der Waals surface area contributed by atoms with Gasteiger partial charge < -0.3 is 4.90 Å². The molecular formula is C22H17NO. The summed E-state index contributed by atoms with van der Waals surface area (Å²) in [6.45, 7) is 0.624. The number of benzene rings is 3. The lowest BCUT2D eigenvalue weighted by molar-refractivity contribution is -0.112. The smallest absolute Gasteiger partial charge is 0.258 e. The maximum absolute atomic E-state index is 12.7. The summed E-state index contributed by atoms with van der Waals surface area (Å²) in [5, 5.41) is 0. The van der Waals surface area contributed by atoms with Crippen LogP contribution in [0.3, 0.4) is 0 Å². The van der Waals surface area contributed by atoms with Crippen molar-refractivity contribution < 1.29 is 4.79 Å². The van der Waals surface area contributed by atoms with Crippen molar-refractivity contribution in [2.45, 2.75) is 0 Å². The zero-order valence-electron chi connectivity index (χ0n) is 13.2. The van der Waals surface area contributed by atoms with Crippen molar-refractivity contribution in [1.29, 1.82) is 0 Å². The second-order valence-corrected chi connectivity index (χ2v) is 5.81. The average molecular weight is 311 g/mol. The van der Waals surface area contributed by atoms with E-state index < -0.39 is 0 Å². The normalized spacial score (nSPS) is 13.9. The molecule has 0 radical (unpaired) electrons. The number of carbonyl (C=O) groups is 1. The summed E-state index contributed by atoms with van der Waals surface area (Å²) in [7, 11) is 0. The molecule has 1 amide bonds. The van der Waals surface area contributed by atoms with Crippen molar-refractivity contribution >= 4 is 17.2 Å². The van der Waals surface area contributed by atoms with E-state index in [0.717, 1.165) is 22.4 Å². The number of hydrogen-bond acceptors (Lipinski definition) is 1. The Morgan fingerprint density at radius 1 is 0.625 bits per heavy atom. The second kappa shape index (κ2) is 6.17. The van der Waals surface area contributed by atoms with Crippen LogP contribution in [0.1, 0.15) is 5.56 Å². The van der Waals surface area contributed by atoms with Gasteiger partial charge in [-0.3, -0.25) is 4.79 Å². The summed E-state index contributed by atoms with van der Waals surface area (Å²) in [4.78, 5) is 14.5. The zero-order chi connectivity index (χ0) is 16.4. The minimum Gasteiger partial charge on any atom is -0.305 e. The van der Waals surface area contributed by atoms with Gasteiger partial charge in [0.15, 0.2) is 0 Å². The minimum absolute atomic E-state index is 0.0636. The van der Waals surface area contributed by atoms with E-state index in [1.165, 1.54) is 5.56 Å². The lowest BCUT2D eigenvalue weighted by atomic mass is 10.0. The fourth-order valence-corrected chi connectivity index (χ4v) is 3.04. The summed E-state index contributed by atoms with van der Waals surface area (Å²) in [6, 6.07) is 28.3. The fourth-order valence-electron chi connectivity index (χ4n) is 3.04. The highest BCUT2D eigenvalue weighted by Crippen LogP contribution is 2.28. The van der Waals surface area contributed by atoms with Crippen LogP contribution in [0.2, 0.25) is 0 Å². The van der Waals surface area contributed by atoms with Gasteiger partial charge in [0.2, 0.25) is 0 Å². The molecule has 4 rings (SSSR count). The summed E-state index contributed by atoms with van der Waals surface area (Å²) in [5.74, 6) is 0.0636. The maximum Gasteiger partial charge on any atom is 0.258 e. The van der Waals surface area contributed by atoms with Gasteiger partial charge in [-0.05, 0) is 28.8 Å². The number of anilines is 1. The molecule has 0 saturated heterocycles. The number of para-hydroxylation sites is 1. The van der Waals surface area contributed by atoms with E-state index in [4.69, 9.17) is 0 Å². The van der Waals surface area contributed by atoms with Crippen molar-refractivity contribution in [1.82, 2.24) is 0 Å². The Hall–Kier alpha value is -3.13. The first kappa shape index (κ1) is 14.5. The van der Waals surface area contributed by atoms with E-state index in [1.54, 1.807) is 4.90 Å². The molecule has 1 heterocycles. The second-order valence-electron chi connectivity index (χ2n) is 5.81. The fraction of sp³-hybridized carbons (Fsp3) is 0.0455. The number of hydrogen-bond donors (Lipinski definition) is 0. The largest absolute Gasteiger partial charge is 0.305 e. The van der Waals surface area contributed by atoms with Crippen LogP contribution in [0.4, 0.5) is 5.69 Å². The Labute approximate surface area is 141 Å². The predicted molar refractivity (Wildman–Crippen MR) is 98.7 cm³/mol. The highest BCUT2D eigenvalue weighted by molar-refractivity contribution is 6.28. The first-order valence-electron chi connectivity index (χ1n) is 8.06. The highest BCUT2D eigenvalue weighted by atomic mass is 16.2. The van der Waals surface area contributed by atoms with E-state index in [2.05, 4.69) is 24.3 Å². The summed E-state index contributed by atoms with van der Waals surface area (Å²) >= 11 is 0. The molecule has 24 heavy (non-hydrogen) atoms. The third-order valence-corrected chi connectivity index (χ3v) is 4.32. The first-order chi connectivity index (χ1) is 11.8. The van der Waals surface area contributed by atoms with Gasteiger partial charge in [-0.25, -0.2) is 0 Å². The zero-order valence-corrected chi connectivity index (χ0v) is 13.2. The summed E-state index contributed by atoms with van der Waals surface area (Å²) in [6.07, 6.45) is 2.01. The van der Waals surface area contributed by atoms with Gasteiger partial charge in [0.1, 0.15) is 0 Å². The first-order valence-corrected chi connectivity index (χ1v) is 8.06. The number of amides is 1. The molecule has 3 aromatic carbocycles. The molecule has 1 aliphatic heterocycles. The third kappa shape index (κ3) is 2.63. The van der Waals surface area contributed by atoms with Gasteiger partial charge in [-0.2, -0.15) is 0 Å². The van der Waals surface area contributed by atoms with E-state index in [1.807, 2.05) is 66.7 Å². The van der Waals surface area contributed by atoms with Crippen LogP contribution in [-0.2, 0) is 4.79 Å². The Kier molecular flexibility index (Phi) is 3.72. The monoisotopic (exact) mass is 311 g/mol. The van der Waals surface area contributed by atoms with Crippen LogP contribution in [-0.4, -0.2) is 12.5 Å². The van der Waals surface area contributed by atoms with Crippen molar-refractivity contribution in [3.63, 3.8) is 0 Å². The van der Waals surface area contributed by atoms with Crippen LogP contribution < -0.4 is 4.90 Å². The van der Waals surface area contributed by atoms with Gasteiger partial charge in [-0.15, -0.1) is 0 Å². The average Bonchev–Trinajstić information content (AvgIpc) is 3.05. The Morgan fingerprint density at radius 2 is 1.17 bits per heavy atom. The molecule has 0 spiro atoms. The molecule has 0 saturated carbocycles. The van der Waals surface area contributed by atoms with Crippen molar-refractivity contribution in [2.75, 3.05) is 11.4 Å². The Bertz CT molecular complexity index is 880. The molecule has 0 atom stereocenters. The molecule has 0 fully saturated rings. The van der Waals surface area contributed by atoms with Gasteiger partial charge in [0.05, 0.1) is 0 Å². The van der Waals surface area contributed by atoms with Crippen LogP contribution in [0.5, 0.6) is 0 Å². The molecule has 3 aromatic rings. The molecule has 0 aliphatic carbocycles. The molecule has 0 aromatic heterocycles. The Morgan fingerprint density at radius 3 is 1.83 bits per heavy atom. The molecular weight excluding hydrogens is 294 g/mol. The van der Waals surface area contributed by atoms with Gasteiger partial charge in [-0.1, -0.05) is 78.9 Å². The van der Waals surface area contributed by atoms with Crippen LogP contribution in [0.15, 0.2) is 91.0 Å². The molecule has 1 aliphatic rings. The van der Waals surface area contributed by atoms with Gasteiger partial charge in [0, 0.05) is 17.8 Å². The maximum atomic E-state index is 12.7. The molecule has 0 N–H and O–H groups in total. The predicted octanol–water partition coefficient (Wildman–Crippen LogP) is 4.78. The highest BCUT2D eigenvalue weighted by Gasteiger charge is 2.25. The lowest BCUT2D eigenvalue weighted by Gasteiger charge is -2.16. The topological polar surface area (TPSA) is 20.3 Å². The number of nitrogens with zero attached hydrogens (tertiary/aromatic N) is 1. The van der Waals surface area contributed by atoms with E-state index in [-0.39, 0.29) is 5.91 Å². The number of carbonyl (C=O) groups excluding carboxylic acids is 1. The quantitative estimate of drug-likeness (QED) is 0.681. The van der Waals surface area contributed by atoms with Crippen LogP contribution in [0.25, 0.3) is 16.7 Å². The molecule has 2 nitrogen and oxygen atoms in total. The molecule has 0 unspecified atom stereocenters. The SMILES string of the molecule is O=C1C(c2ccc(-c3ccccc3)cc2)=CCN1c1ccccc1. The Balaban J connectivity index is 1.58. The van der Waals surface area contributed by atoms with Crippen molar-refractivity contribution in [3.05, 3.63) is 96.6 Å². The molecule has 0 bridgehead atoms. The molecule has 2 heteroatoms. The minimum atomic E-state index is 0.0636. The lowest BCUT2D eigenvalue weighted by Crippen LogP contribution is -2.25. The van der Waals surface area contributed by atoms with Gasteiger partial charge in [0.25, 0.3) is 5.91 Å². The van der Waals surface area contributed by atoms with Crippen LogP contribution >= 0.6 is 0 Å². The summed E-state index contributed by atoms with van der Waals surface area (Å²) in [5.41, 5.74) is 5.03. The van der Waals surface area contributed by atoms with E-state index in [9.17, 15) is 4.79 Å².